The third-order valence-electron chi connectivity index (χ3n) is 3.30. The first-order valence-corrected chi connectivity index (χ1v) is 6.72. The number of hydrogen-bond acceptors (Lipinski definition) is 5. The fourth-order valence-corrected chi connectivity index (χ4v) is 2.13. The molecule has 5 heteroatoms. The van der Waals surface area contributed by atoms with E-state index in [4.69, 9.17) is 19.9 Å². The first kappa shape index (κ1) is 13.7. The van der Waals surface area contributed by atoms with E-state index < -0.39 is 6.10 Å². The number of aliphatic hydroxyl groups is 1. The monoisotopic (exact) mass is 287 g/mol. The van der Waals surface area contributed by atoms with Crippen LogP contribution in [-0.2, 0) is 11.3 Å². The SMILES string of the molecule is Nc1ccc(C(O)COCc2ccc3c(c2)OCO3)cc1. The number of aliphatic hydroxyl groups excluding tert-OH is 1. The topological polar surface area (TPSA) is 73.9 Å². The van der Waals surface area contributed by atoms with Gasteiger partial charge in [0.15, 0.2) is 11.5 Å². The van der Waals surface area contributed by atoms with Crippen LogP contribution in [0, 0.1) is 0 Å². The van der Waals surface area contributed by atoms with Crippen molar-refractivity contribution in [2.75, 3.05) is 19.1 Å². The quantitative estimate of drug-likeness (QED) is 0.825. The first-order valence-electron chi connectivity index (χ1n) is 6.72. The molecule has 21 heavy (non-hydrogen) atoms. The lowest BCUT2D eigenvalue weighted by atomic mass is 10.1. The molecule has 0 saturated carbocycles. The molecule has 0 aromatic heterocycles. The van der Waals surface area contributed by atoms with E-state index in [9.17, 15) is 5.11 Å². The molecule has 1 heterocycles. The van der Waals surface area contributed by atoms with Crippen LogP contribution in [0.3, 0.4) is 0 Å². The summed E-state index contributed by atoms with van der Waals surface area (Å²) in [6.07, 6.45) is -0.667. The molecule has 1 aliphatic rings. The molecule has 0 aliphatic carbocycles. The predicted molar refractivity (Wildman–Crippen MR) is 78.0 cm³/mol. The van der Waals surface area contributed by atoms with E-state index >= 15 is 0 Å². The Morgan fingerprint density at radius 3 is 2.67 bits per heavy atom. The Labute approximate surface area is 122 Å². The van der Waals surface area contributed by atoms with Crippen molar-refractivity contribution >= 4 is 5.69 Å². The van der Waals surface area contributed by atoms with Gasteiger partial charge in [0.05, 0.1) is 13.2 Å². The summed E-state index contributed by atoms with van der Waals surface area (Å²) in [5.41, 5.74) is 8.05. The van der Waals surface area contributed by atoms with Crippen molar-refractivity contribution in [2.24, 2.45) is 0 Å². The second-order valence-electron chi connectivity index (χ2n) is 4.89. The molecule has 0 fully saturated rings. The molecule has 5 nitrogen and oxygen atoms in total. The zero-order chi connectivity index (χ0) is 14.7. The van der Waals surface area contributed by atoms with E-state index in [1.54, 1.807) is 24.3 Å². The molecular weight excluding hydrogens is 270 g/mol. The average molecular weight is 287 g/mol. The maximum absolute atomic E-state index is 10.0. The summed E-state index contributed by atoms with van der Waals surface area (Å²) in [6, 6.07) is 12.8. The number of anilines is 1. The molecular formula is C16H17NO4. The normalized spacial score (nSPS) is 14.1. The van der Waals surface area contributed by atoms with Gasteiger partial charge in [-0.25, -0.2) is 0 Å². The van der Waals surface area contributed by atoms with Gasteiger partial charge in [0.25, 0.3) is 0 Å². The highest BCUT2D eigenvalue weighted by Gasteiger charge is 2.13. The van der Waals surface area contributed by atoms with Crippen LogP contribution >= 0.6 is 0 Å². The molecule has 3 rings (SSSR count). The number of rotatable bonds is 5. The molecule has 2 aromatic rings. The molecule has 0 saturated heterocycles. The molecule has 3 N–H and O–H groups in total. The van der Waals surface area contributed by atoms with Gasteiger partial charge in [-0.2, -0.15) is 0 Å². The maximum Gasteiger partial charge on any atom is 0.231 e. The van der Waals surface area contributed by atoms with Gasteiger partial charge in [-0.1, -0.05) is 18.2 Å². The van der Waals surface area contributed by atoms with Gasteiger partial charge >= 0.3 is 0 Å². The zero-order valence-corrected chi connectivity index (χ0v) is 11.5. The van der Waals surface area contributed by atoms with Crippen LogP contribution in [0.1, 0.15) is 17.2 Å². The number of nitrogens with two attached hydrogens (primary N) is 1. The number of benzene rings is 2. The average Bonchev–Trinajstić information content (AvgIpc) is 2.95. The Morgan fingerprint density at radius 2 is 1.86 bits per heavy atom. The van der Waals surface area contributed by atoms with Crippen molar-refractivity contribution in [1.82, 2.24) is 0 Å². The third kappa shape index (κ3) is 3.26. The molecule has 1 aliphatic heterocycles. The van der Waals surface area contributed by atoms with E-state index in [1.807, 2.05) is 18.2 Å². The third-order valence-corrected chi connectivity index (χ3v) is 3.30. The lowest BCUT2D eigenvalue weighted by Crippen LogP contribution is -2.07. The van der Waals surface area contributed by atoms with Crippen LogP contribution in [0.4, 0.5) is 5.69 Å². The Balaban J connectivity index is 1.52. The largest absolute Gasteiger partial charge is 0.454 e. The lowest BCUT2D eigenvalue weighted by Gasteiger charge is -2.12. The number of ether oxygens (including phenoxy) is 3. The predicted octanol–water partition coefficient (Wildman–Crippen LogP) is 2.25. The molecule has 0 amide bonds. The minimum absolute atomic E-state index is 0.221. The molecule has 1 atom stereocenters. The van der Waals surface area contributed by atoms with Crippen LogP contribution < -0.4 is 15.2 Å². The van der Waals surface area contributed by atoms with Crippen molar-refractivity contribution in [3.63, 3.8) is 0 Å². The standard InChI is InChI=1S/C16H17NO4/c17-13-4-2-12(3-5-13)14(18)9-19-8-11-1-6-15-16(7-11)21-10-20-15/h1-7,14,18H,8-10,17H2. The smallest absolute Gasteiger partial charge is 0.231 e. The van der Waals surface area contributed by atoms with Crippen molar-refractivity contribution in [3.8, 4) is 11.5 Å². The van der Waals surface area contributed by atoms with Gasteiger partial charge in [0.1, 0.15) is 6.10 Å². The lowest BCUT2D eigenvalue weighted by molar-refractivity contribution is 0.0277. The fraction of sp³-hybridized carbons (Fsp3) is 0.250. The van der Waals surface area contributed by atoms with E-state index in [-0.39, 0.29) is 13.4 Å². The molecule has 110 valence electrons. The molecule has 0 spiro atoms. The van der Waals surface area contributed by atoms with E-state index in [0.29, 0.717) is 12.3 Å². The fourth-order valence-electron chi connectivity index (χ4n) is 2.13. The first-order chi connectivity index (χ1) is 10.2. The highest BCUT2D eigenvalue weighted by atomic mass is 16.7. The summed E-state index contributed by atoms with van der Waals surface area (Å²) in [5.74, 6) is 1.48. The van der Waals surface area contributed by atoms with E-state index in [2.05, 4.69) is 0 Å². The highest BCUT2D eigenvalue weighted by molar-refractivity contribution is 5.44. The number of fused-ring (bicyclic) bond motifs is 1. The van der Waals surface area contributed by atoms with Crippen molar-refractivity contribution < 1.29 is 19.3 Å². The van der Waals surface area contributed by atoms with Crippen LogP contribution in [0.25, 0.3) is 0 Å². The minimum Gasteiger partial charge on any atom is -0.454 e. The molecule has 1 unspecified atom stereocenters. The van der Waals surface area contributed by atoms with Crippen molar-refractivity contribution in [3.05, 3.63) is 53.6 Å². The summed E-state index contributed by atoms with van der Waals surface area (Å²) in [7, 11) is 0. The van der Waals surface area contributed by atoms with Crippen LogP contribution in [0.2, 0.25) is 0 Å². The number of nitrogen functional groups attached to an aromatic ring is 1. The number of hydrogen-bond donors (Lipinski definition) is 2. The maximum atomic E-state index is 10.0. The second kappa shape index (κ2) is 6.03. The van der Waals surface area contributed by atoms with Gasteiger partial charge < -0.3 is 25.1 Å². The van der Waals surface area contributed by atoms with Crippen LogP contribution in [0.15, 0.2) is 42.5 Å². The Kier molecular flexibility index (Phi) is 3.94. The van der Waals surface area contributed by atoms with Gasteiger partial charge in [0, 0.05) is 5.69 Å². The Bertz CT molecular complexity index is 612. The summed E-state index contributed by atoms with van der Waals surface area (Å²) >= 11 is 0. The summed E-state index contributed by atoms with van der Waals surface area (Å²) < 4.78 is 16.1. The van der Waals surface area contributed by atoms with Gasteiger partial charge in [-0.15, -0.1) is 0 Å². The van der Waals surface area contributed by atoms with Crippen molar-refractivity contribution in [2.45, 2.75) is 12.7 Å². The van der Waals surface area contributed by atoms with Crippen LogP contribution in [-0.4, -0.2) is 18.5 Å². The Hall–Kier alpha value is -2.24. The summed E-state index contributed by atoms with van der Waals surface area (Å²) in [4.78, 5) is 0. The zero-order valence-electron chi connectivity index (χ0n) is 11.5. The Morgan fingerprint density at radius 1 is 1.10 bits per heavy atom. The summed E-state index contributed by atoms with van der Waals surface area (Å²) in [6.45, 7) is 0.885. The molecule has 0 bridgehead atoms. The van der Waals surface area contributed by atoms with Crippen LogP contribution in [0.5, 0.6) is 11.5 Å². The van der Waals surface area contributed by atoms with E-state index in [0.717, 1.165) is 22.6 Å². The second-order valence-corrected chi connectivity index (χ2v) is 4.89. The van der Waals surface area contributed by atoms with Gasteiger partial charge in [0.2, 0.25) is 6.79 Å². The minimum atomic E-state index is -0.667. The van der Waals surface area contributed by atoms with E-state index in [1.165, 1.54) is 0 Å². The summed E-state index contributed by atoms with van der Waals surface area (Å²) in [5, 5.41) is 10.0. The van der Waals surface area contributed by atoms with Gasteiger partial charge in [-0.3, -0.25) is 0 Å². The highest BCUT2D eigenvalue weighted by Crippen LogP contribution is 2.32. The molecule has 2 aromatic carbocycles. The van der Waals surface area contributed by atoms with Gasteiger partial charge in [-0.05, 0) is 35.4 Å². The van der Waals surface area contributed by atoms with Crippen molar-refractivity contribution in [1.29, 1.82) is 0 Å². The molecule has 0 radical (unpaired) electrons.